The summed E-state index contributed by atoms with van der Waals surface area (Å²) in [5.74, 6) is 0.0873. The van der Waals surface area contributed by atoms with Crippen molar-refractivity contribution in [3.05, 3.63) is 82.4 Å². The maximum absolute atomic E-state index is 13.4. The minimum Gasteiger partial charge on any atom is -0.495 e. The van der Waals surface area contributed by atoms with Gasteiger partial charge < -0.3 is 9.47 Å². The average Bonchev–Trinajstić information content (AvgIpc) is 2.72. The van der Waals surface area contributed by atoms with Crippen molar-refractivity contribution < 1.29 is 22.7 Å². The Balaban J connectivity index is 2.00. The fourth-order valence-electron chi connectivity index (χ4n) is 3.23. The highest BCUT2D eigenvalue weighted by molar-refractivity contribution is 7.93. The van der Waals surface area contributed by atoms with Gasteiger partial charge in [-0.05, 0) is 74.4 Å². The van der Waals surface area contributed by atoms with Gasteiger partial charge in [0.2, 0.25) is 0 Å². The summed E-state index contributed by atoms with van der Waals surface area (Å²) in [5.41, 5.74) is 2.93. The number of hydrogen-bond donors (Lipinski definition) is 0. The molecule has 0 atom stereocenters. The molecule has 0 aromatic heterocycles. The van der Waals surface area contributed by atoms with Gasteiger partial charge >= 0.3 is 0 Å². The van der Waals surface area contributed by atoms with Crippen LogP contribution in [0.1, 0.15) is 16.7 Å². The standard InChI is InChI=1S/C24H24ClNO5S/c1-16-5-8-21(9-6-16)32(28,29)26(19-7-10-23(30-4)22(25)14-19)24(27)15-31-20-12-17(2)11-18(3)13-20/h5-14H,15H2,1-4H3. The van der Waals surface area contributed by atoms with Crippen LogP contribution >= 0.6 is 11.6 Å². The van der Waals surface area contributed by atoms with Gasteiger partial charge in [-0.15, -0.1) is 0 Å². The third-order valence-corrected chi connectivity index (χ3v) is 6.77. The normalized spacial score (nSPS) is 11.2. The Morgan fingerprint density at radius 3 is 2.09 bits per heavy atom. The van der Waals surface area contributed by atoms with Crippen LogP contribution in [0.2, 0.25) is 5.02 Å². The van der Waals surface area contributed by atoms with E-state index < -0.39 is 22.5 Å². The number of aryl methyl sites for hydroxylation is 3. The minimum absolute atomic E-state index is 0.0187. The molecule has 0 fully saturated rings. The van der Waals surface area contributed by atoms with Crippen molar-refractivity contribution in [1.82, 2.24) is 0 Å². The number of halogens is 1. The molecule has 0 N–H and O–H groups in total. The molecular formula is C24H24ClNO5S. The van der Waals surface area contributed by atoms with E-state index in [0.717, 1.165) is 16.7 Å². The molecule has 0 radical (unpaired) electrons. The summed E-state index contributed by atoms with van der Waals surface area (Å²) in [6.45, 7) is 5.20. The number of benzene rings is 3. The number of sulfonamides is 1. The van der Waals surface area contributed by atoms with Crippen LogP contribution in [0.4, 0.5) is 5.69 Å². The summed E-state index contributed by atoms with van der Waals surface area (Å²) in [4.78, 5) is 13.2. The number of carbonyl (C=O) groups excluding carboxylic acids is 1. The molecule has 0 heterocycles. The molecule has 3 rings (SSSR count). The van der Waals surface area contributed by atoms with E-state index >= 15 is 0 Å². The maximum atomic E-state index is 13.4. The van der Waals surface area contributed by atoms with Crippen LogP contribution in [0.15, 0.2) is 65.6 Å². The van der Waals surface area contributed by atoms with Crippen LogP contribution in [0.3, 0.4) is 0 Å². The van der Waals surface area contributed by atoms with Crippen LogP contribution in [0, 0.1) is 20.8 Å². The Kier molecular flexibility index (Phi) is 7.11. The average molecular weight is 474 g/mol. The highest BCUT2D eigenvalue weighted by Gasteiger charge is 2.32. The first-order chi connectivity index (χ1) is 15.1. The van der Waals surface area contributed by atoms with E-state index in [9.17, 15) is 13.2 Å². The van der Waals surface area contributed by atoms with Crippen molar-refractivity contribution in [2.45, 2.75) is 25.7 Å². The zero-order chi connectivity index (χ0) is 23.5. The number of carbonyl (C=O) groups is 1. The van der Waals surface area contributed by atoms with Crippen molar-refractivity contribution in [1.29, 1.82) is 0 Å². The van der Waals surface area contributed by atoms with Crippen LogP contribution < -0.4 is 13.8 Å². The molecule has 8 heteroatoms. The minimum atomic E-state index is -4.22. The number of amides is 1. The van der Waals surface area contributed by atoms with Gasteiger partial charge in [-0.3, -0.25) is 4.79 Å². The predicted molar refractivity (Wildman–Crippen MR) is 125 cm³/mol. The first-order valence-corrected chi connectivity index (χ1v) is 11.6. The van der Waals surface area contributed by atoms with Gasteiger partial charge in [0, 0.05) is 0 Å². The molecule has 3 aromatic carbocycles. The molecule has 0 saturated carbocycles. The number of nitrogens with zero attached hydrogens (tertiary/aromatic N) is 1. The van der Waals surface area contributed by atoms with Crippen molar-refractivity contribution in [2.75, 3.05) is 18.0 Å². The lowest BCUT2D eigenvalue weighted by molar-refractivity contribution is -0.119. The fraction of sp³-hybridized carbons (Fsp3) is 0.208. The fourth-order valence-corrected chi connectivity index (χ4v) is 4.89. The molecule has 3 aromatic rings. The van der Waals surface area contributed by atoms with Crippen LogP contribution in [0.5, 0.6) is 11.5 Å². The monoisotopic (exact) mass is 473 g/mol. The smallest absolute Gasteiger partial charge is 0.278 e. The van der Waals surface area contributed by atoms with Crippen molar-refractivity contribution >= 4 is 33.2 Å². The van der Waals surface area contributed by atoms with Gasteiger partial charge in [-0.1, -0.05) is 35.4 Å². The number of methoxy groups -OCH3 is 1. The van der Waals surface area contributed by atoms with Crippen LogP contribution in [-0.2, 0) is 14.8 Å². The lowest BCUT2D eigenvalue weighted by Crippen LogP contribution is -2.40. The van der Waals surface area contributed by atoms with Crippen LogP contribution in [-0.4, -0.2) is 28.0 Å². The summed E-state index contributed by atoms with van der Waals surface area (Å²) in [6, 6.07) is 16.1. The zero-order valence-corrected chi connectivity index (χ0v) is 19.8. The van der Waals surface area contributed by atoms with Gasteiger partial charge in [0.25, 0.3) is 15.9 Å². The lowest BCUT2D eigenvalue weighted by Gasteiger charge is -2.23. The van der Waals surface area contributed by atoms with E-state index in [1.807, 2.05) is 26.8 Å². The molecule has 0 spiro atoms. The van der Waals surface area contributed by atoms with Crippen molar-refractivity contribution in [3.63, 3.8) is 0 Å². The van der Waals surface area contributed by atoms with E-state index in [1.165, 1.54) is 37.4 Å². The van der Waals surface area contributed by atoms with Crippen molar-refractivity contribution in [2.24, 2.45) is 0 Å². The summed E-state index contributed by atoms with van der Waals surface area (Å²) in [6.07, 6.45) is 0. The number of anilines is 1. The summed E-state index contributed by atoms with van der Waals surface area (Å²) in [5, 5.41) is 0.178. The molecule has 1 amide bonds. The first kappa shape index (κ1) is 23.6. The molecule has 6 nitrogen and oxygen atoms in total. The number of ether oxygens (including phenoxy) is 2. The maximum Gasteiger partial charge on any atom is 0.278 e. The van der Waals surface area contributed by atoms with E-state index in [0.29, 0.717) is 15.8 Å². The van der Waals surface area contributed by atoms with E-state index in [4.69, 9.17) is 21.1 Å². The number of rotatable bonds is 7. The van der Waals surface area contributed by atoms with E-state index in [-0.39, 0.29) is 15.6 Å². The first-order valence-electron chi connectivity index (χ1n) is 9.81. The molecule has 0 unspecified atom stereocenters. The van der Waals surface area contributed by atoms with Gasteiger partial charge in [0.15, 0.2) is 6.61 Å². The molecule has 0 aliphatic rings. The highest BCUT2D eigenvalue weighted by Crippen LogP contribution is 2.32. The summed E-state index contributed by atoms with van der Waals surface area (Å²) < 4.78 is 38.4. The molecule has 0 aliphatic carbocycles. The highest BCUT2D eigenvalue weighted by atomic mass is 35.5. The third kappa shape index (κ3) is 5.23. The third-order valence-electron chi connectivity index (χ3n) is 4.71. The Morgan fingerprint density at radius 1 is 0.906 bits per heavy atom. The Labute approximate surface area is 193 Å². The predicted octanol–water partition coefficient (Wildman–Crippen LogP) is 5.07. The SMILES string of the molecule is COc1ccc(N(C(=O)COc2cc(C)cc(C)c2)S(=O)(=O)c2ccc(C)cc2)cc1Cl. The van der Waals surface area contributed by atoms with Crippen LogP contribution in [0.25, 0.3) is 0 Å². The molecule has 0 saturated heterocycles. The quantitative estimate of drug-likeness (QED) is 0.478. The van der Waals surface area contributed by atoms with E-state index in [2.05, 4.69) is 0 Å². The van der Waals surface area contributed by atoms with E-state index in [1.54, 1.807) is 24.3 Å². The Morgan fingerprint density at radius 2 is 1.53 bits per heavy atom. The molecule has 0 aliphatic heterocycles. The largest absolute Gasteiger partial charge is 0.495 e. The van der Waals surface area contributed by atoms with Gasteiger partial charge in [0.1, 0.15) is 11.5 Å². The summed E-state index contributed by atoms with van der Waals surface area (Å²) in [7, 11) is -2.77. The molecular weight excluding hydrogens is 450 g/mol. The topological polar surface area (TPSA) is 72.9 Å². The Hall–Kier alpha value is -3.03. The van der Waals surface area contributed by atoms with Gasteiger partial charge in [-0.25, -0.2) is 8.42 Å². The molecule has 0 bridgehead atoms. The lowest BCUT2D eigenvalue weighted by atomic mass is 10.1. The summed E-state index contributed by atoms with van der Waals surface area (Å²) >= 11 is 6.21. The van der Waals surface area contributed by atoms with Gasteiger partial charge in [0.05, 0.1) is 22.7 Å². The second kappa shape index (κ2) is 9.63. The Bertz CT molecular complexity index is 1220. The van der Waals surface area contributed by atoms with Crippen molar-refractivity contribution in [3.8, 4) is 11.5 Å². The van der Waals surface area contributed by atoms with Gasteiger partial charge in [-0.2, -0.15) is 4.31 Å². The molecule has 168 valence electrons. The second-order valence-electron chi connectivity index (χ2n) is 7.41. The number of hydrogen-bond acceptors (Lipinski definition) is 5. The zero-order valence-electron chi connectivity index (χ0n) is 18.3. The second-order valence-corrected chi connectivity index (χ2v) is 9.60. The molecule has 32 heavy (non-hydrogen) atoms.